The number of phenols is 2. The Labute approximate surface area is 143 Å². The van der Waals surface area contributed by atoms with Crippen LogP contribution < -0.4 is 0 Å². The van der Waals surface area contributed by atoms with Crippen molar-refractivity contribution in [2.24, 2.45) is 0 Å². The van der Waals surface area contributed by atoms with E-state index in [1.54, 1.807) is 6.07 Å². The summed E-state index contributed by atoms with van der Waals surface area (Å²) in [5.41, 5.74) is 5.75. The first-order valence-electron chi connectivity index (χ1n) is 7.99. The van der Waals surface area contributed by atoms with Crippen molar-refractivity contribution in [1.29, 1.82) is 0 Å². The smallest absolute Gasteiger partial charge is 0.165 e. The number of hydrogen-bond acceptors (Lipinski definition) is 3. The van der Waals surface area contributed by atoms with Crippen LogP contribution in [0.3, 0.4) is 0 Å². The molecule has 2 aromatic carbocycles. The molecule has 1 aliphatic heterocycles. The van der Waals surface area contributed by atoms with Crippen LogP contribution in [0.5, 0.6) is 11.5 Å². The second kappa shape index (κ2) is 5.73. The number of benzene rings is 2. The van der Waals surface area contributed by atoms with Gasteiger partial charge in [0.1, 0.15) is 0 Å². The summed E-state index contributed by atoms with van der Waals surface area (Å²) in [5.74, 6) is -0.0163. The summed E-state index contributed by atoms with van der Waals surface area (Å²) < 4.78 is 0. The summed E-state index contributed by atoms with van der Waals surface area (Å²) >= 11 is 0. The van der Waals surface area contributed by atoms with Crippen molar-refractivity contribution in [2.75, 3.05) is 6.54 Å². The maximum absolute atomic E-state index is 10.4. The van der Waals surface area contributed by atoms with E-state index >= 15 is 0 Å². The monoisotopic (exact) mass is 331 g/mol. The Morgan fingerprint density at radius 2 is 1.87 bits per heavy atom. The van der Waals surface area contributed by atoms with Crippen LogP contribution in [0.4, 0.5) is 0 Å². The van der Waals surface area contributed by atoms with Crippen LogP contribution in [0, 0.1) is 0 Å². The van der Waals surface area contributed by atoms with Crippen molar-refractivity contribution in [3.8, 4) is 22.6 Å². The number of fused-ring (bicyclic) bond motifs is 2. The lowest BCUT2D eigenvalue weighted by Crippen LogP contribution is -2.42. The van der Waals surface area contributed by atoms with Crippen molar-refractivity contribution < 1.29 is 10.2 Å². The van der Waals surface area contributed by atoms with E-state index in [1.807, 2.05) is 6.07 Å². The zero-order valence-corrected chi connectivity index (χ0v) is 14.2. The Morgan fingerprint density at radius 3 is 2.61 bits per heavy atom. The van der Waals surface area contributed by atoms with Crippen LogP contribution in [0.25, 0.3) is 11.1 Å². The lowest BCUT2D eigenvalue weighted by atomic mass is 9.76. The third-order valence-electron chi connectivity index (χ3n) is 5.16. The minimum Gasteiger partial charge on any atom is -0.504 e. The number of halogens is 1. The molecule has 0 unspecified atom stereocenters. The fourth-order valence-electron chi connectivity index (χ4n) is 4.15. The van der Waals surface area contributed by atoms with Gasteiger partial charge < -0.3 is 10.2 Å². The molecule has 4 heteroatoms. The average Bonchev–Trinajstić information content (AvgIpc) is 2.51. The van der Waals surface area contributed by atoms with Crippen LogP contribution in [0.15, 0.2) is 30.3 Å². The van der Waals surface area contributed by atoms with E-state index in [1.165, 1.54) is 11.1 Å². The fraction of sp³-hybridized carbons (Fsp3) is 0.368. The quantitative estimate of drug-likeness (QED) is 0.775. The molecule has 1 heterocycles. The predicted molar refractivity (Wildman–Crippen MR) is 94.4 cm³/mol. The molecule has 2 aromatic rings. The summed E-state index contributed by atoms with van der Waals surface area (Å²) in [6.45, 7) is 5.58. The van der Waals surface area contributed by atoms with Gasteiger partial charge in [0.25, 0.3) is 0 Å². The molecule has 1 aliphatic carbocycles. The van der Waals surface area contributed by atoms with Gasteiger partial charge in [0, 0.05) is 24.2 Å². The summed E-state index contributed by atoms with van der Waals surface area (Å²) in [7, 11) is 0. The van der Waals surface area contributed by atoms with E-state index in [2.05, 4.69) is 36.9 Å². The molecule has 1 atom stereocenters. The lowest BCUT2D eigenvalue weighted by Gasteiger charge is -2.43. The fourth-order valence-corrected chi connectivity index (χ4v) is 4.15. The zero-order chi connectivity index (χ0) is 15.4. The van der Waals surface area contributed by atoms with Gasteiger partial charge in [-0.05, 0) is 55.0 Å². The molecular weight excluding hydrogens is 310 g/mol. The van der Waals surface area contributed by atoms with E-state index in [-0.39, 0.29) is 23.9 Å². The Morgan fingerprint density at radius 1 is 1.09 bits per heavy atom. The topological polar surface area (TPSA) is 43.7 Å². The number of aromatic hydroxyl groups is 2. The van der Waals surface area contributed by atoms with Crippen molar-refractivity contribution in [3.63, 3.8) is 0 Å². The normalized spacial score (nSPS) is 19.0. The van der Waals surface area contributed by atoms with Gasteiger partial charge in [-0.25, -0.2) is 0 Å². The summed E-state index contributed by atoms with van der Waals surface area (Å²) in [5, 5.41) is 20.3. The molecule has 0 spiro atoms. The van der Waals surface area contributed by atoms with Gasteiger partial charge in [0.2, 0.25) is 0 Å². The molecule has 0 fully saturated rings. The second-order valence-corrected chi connectivity index (χ2v) is 6.65. The van der Waals surface area contributed by atoms with E-state index in [0.29, 0.717) is 12.1 Å². The minimum atomic E-state index is -0.0358. The van der Waals surface area contributed by atoms with Gasteiger partial charge in [0.15, 0.2) is 11.5 Å². The molecule has 3 nitrogen and oxygen atoms in total. The summed E-state index contributed by atoms with van der Waals surface area (Å²) in [6, 6.07) is 10.8. The van der Waals surface area contributed by atoms with Gasteiger partial charge in [-0.1, -0.05) is 24.3 Å². The third kappa shape index (κ3) is 2.30. The second-order valence-electron chi connectivity index (χ2n) is 6.65. The van der Waals surface area contributed by atoms with E-state index in [4.69, 9.17) is 0 Å². The highest BCUT2D eigenvalue weighted by Crippen LogP contribution is 2.50. The van der Waals surface area contributed by atoms with Gasteiger partial charge in [-0.3, -0.25) is 4.90 Å². The van der Waals surface area contributed by atoms with E-state index in [0.717, 1.165) is 36.1 Å². The molecule has 2 N–H and O–H groups in total. The van der Waals surface area contributed by atoms with E-state index < -0.39 is 0 Å². The molecular formula is C19H22ClNO2. The number of phenolic OH excluding ortho intramolecular Hbond substituents is 2. The van der Waals surface area contributed by atoms with Crippen LogP contribution in [-0.4, -0.2) is 27.7 Å². The Bertz CT molecular complexity index is 757. The Balaban J connectivity index is 0.00000156. The van der Waals surface area contributed by atoms with Gasteiger partial charge in [-0.15, -0.1) is 12.4 Å². The van der Waals surface area contributed by atoms with Crippen molar-refractivity contribution in [2.45, 2.75) is 38.8 Å². The molecule has 0 amide bonds. The molecule has 23 heavy (non-hydrogen) atoms. The Hall–Kier alpha value is -1.71. The SMILES string of the molecule is CC(C)N1CCc2cccc3c2[C@H]1Cc1ccc(O)c(O)c1-3.Cl. The first-order chi connectivity index (χ1) is 10.6. The maximum atomic E-state index is 10.4. The summed E-state index contributed by atoms with van der Waals surface area (Å²) in [4.78, 5) is 2.55. The summed E-state index contributed by atoms with van der Waals surface area (Å²) in [6.07, 6.45) is 1.94. The van der Waals surface area contributed by atoms with Gasteiger partial charge in [-0.2, -0.15) is 0 Å². The molecule has 122 valence electrons. The highest BCUT2D eigenvalue weighted by Gasteiger charge is 2.36. The molecule has 4 rings (SSSR count). The number of rotatable bonds is 1. The van der Waals surface area contributed by atoms with Crippen molar-refractivity contribution in [3.05, 3.63) is 47.0 Å². The standard InChI is InChI=1S/C19H21NO2.ClH/c1-11(2)20-9-8-12-4-3-5-14-17(12)15(20)10-13-6-7-16(21)19(22)18(13)14;/h3-7,11,15,21-22H,8-10H2,1-2H3;1H/t15-;/m1./s1. The number of hydrogen-bond donors (Lipinski definition) is 2. The molecule has 0 bridgehead atoms. The first kappa shape index (κ1) is 16.2. The third-order valence-corrected chi connectivity index (χ3v) is 5.16. The molecule has 0 saturated heterocycles. The van der Waals surface area contributed by atoms with Crippen LogP contribution in [0.1, 0.15) is 36.6 Å². The average molecular weight is 332 g/mol. The predicted octanol–water partition coefficient (Wildman–Crippen LogP) is 4.05. The molecule has 2 aliphatic rings. The van der Waals surface area contributed by atoms with Crippen molar-refractivity contribution >= 4 is 12.4 Å². The number of nitrogens with zero attached hydrogens (tertiary/aromatic N) is 1. The van der Waals surface area contributed by atoms with Crippen molar-refractivity contribution in [1.82, 2.24) is 4.90 Å². The molecule has 0 saturated carbocycles. The minimum absolute atomic E-state index is 0. The molecule has 0 radical (unpaired) electrons. The highest BCUT2D eigenvalue weighted by atomic mass is 35.5. The van der Waals surface area contributed by atoms with Gasteiger partial charge >= 0.3 is 0 Å². The van der Waals surface area contributed by atoms with Crippen LogP contribution >= 0.6 is 12.4 Å². The van der Waals surface area contributed by atoms with Gasteiger partial charge in [0.05, 0.1) is 0 Å². The lowest BCUT2D eigenvalue weighted by molar-refractivity contribution is 0.141. The Kier molecular flexibility index (Phi) is 4.03. The maximum Gasteiger partial charge on any atom is 0.165 e. The highest BCUT2D eigenvalue weighted by molar-refractivity contribution is 5.85. The van der Waals surface area contributed by atoms with Crippen LogP contribution in [0.2, 0.25) is 0 Å². The van der Waals surface area contributed by atoms with E-state index in [9.17, 15) is 10.2 Å². The zero-order valence-electron chi connectivity index (χ0n) is 13.4. The molecule has 0 aromatic heterocycles. The first-order valence-corrected chi connectivity index (χ1v) is 7.99. The van der Waals surface area contributed by atoms with Crippen LogP contribution in [-0.2, 0) is 12.8 Å². The largest absolute Gasteiger partial charge is 0.504 e.